The molecule has 0 aliphatic rings. The average Bonchev–Trinajstić information content (AvgIpc) is 2.35. The SMILES string of the molecule is CC(C)(CNC(=O)NCc1ccccc1Br)C(=O)O. The molecule has 19 heavy (non-hydrogen) atoms. The third-order valence-electron chi connectivity index (χ3n) is 2.67. The molecule has 3 N–H and O–H groups in total. The highest BCUT2D eigenvalue weighted by Gasteiger charge is 2.27. The maximum Gasteiger partial charge on any atom is 0.315 e. The summed E-state index contributed by atoms with van der Waals surface area (Å²) >= 11 is 3.39. The lowest BCUT2D eigenvalue weighted by Crippen LogP contribution is -2.43. The predicted octanol–water partition coefficient (Wildman–Crippen LogP) is 2.36. The van der Waals surface area contributed by atoms with E-state index in [2.05, 4.69) is 26.6 Å². The molecule has 0 aliphatic heterocycles. The smallest absolute Gasteiger partial charge is 0.315 e. The van der Waals surface area contributed by atoms with Crippen molar-refractivity contribution in [2.45, 2.75) is 20.4 Å². The first-order valence-corrected chi connectivity index (χ1v) is 6.61. The number of carboxylic acid groups (broad SMARTS) is 1. The number of hydrogen-bond donors (Lipinski definition) is 3. The Morgan fingerprint density at radius 1 is 1.26 bits per heavy atom. The Balaban J connectivity index is 2.41. The number of hydrogen-bond acceptors (Lipinski definition) is 2. The number of halogens is 1. The van der Waals surface area contributed by atoms with Crippen LogP contribution >= 0.6 is 15.9 Å². The largest absolute Gasteiger partial charge is 0.481 e. The Kier molecular flexibility index (Phi) is 5.35. The van der Waals surface area contributed by atoms with E-state index in [1.54, 1.807) is 13.8 Å². The molecule has 6 heteroatoms. The Bertz CT molecular complexity index is 475. The topological polar surface area (TPSA) is 78.4 Å². The molecule has 5 nitrogen and oxygen atoms in total. The first-order valence-electron chi connectivity index (χ1n) is 5.81. The van der Waals surface area contributed by atoms with Crippen molar-refractivity contribution in [1.29, 1.82) is 0 Å². The van der Waals surface area contributed by atoms with Crippen LogP contribution in [0.1, 0.15) is 19.4 Å². The average molecular weight is 329 g/mol. The summed E-state index contributed by atoms with van der Waals surface area (Å²) < 4.78 is 0.918. The third-order valence-corrected chi connectivity index (χ3v) is 3.44. The van der Waals surface area contributed by atoms with E-state index in [1.807, 2.05) is 24.3 Å². The molecular formula is C13H17BrN2O3. The van der Waals surface area contributed by atoms with E-state index in [4.69, 9.17) is 5.11 Å². The lowest BCUT2D eigenvalue weighted by molar-refractivity contribution is -0.146. The molecule has 0 saturated carbocycles. The molecule has 0 fully saturated rings. The van der Waals surface area contributed by atoms with Gasteiger partial charge in [-0.05, 0) is 25.5 Å². The van der Waals surface area contributed by atoms with Gasteiger partial charge in [-0.15, -0.1) is 0 Å². The van der Waals surface area contributed by atoms with Gasteiger partial charge in [0.05, 0.1) is 5.41 Å². The van der Waals surface area contributed by atoms with E-state index in [1.165, 1.54) is 0 Å². The Hall–Kier alpha value is -1.56. The Morgan fingerprint density at radius 2 is 1.89 bits per heavy atom. The van der Waals surface area contributed by atoms with Crippen LogP contribution in [-0.2, 0) is 11.3 Å². The molecule has 0 aliphatic carbocycles. The van der Waals surface area contributed by atoms with Gasteiger partial charge in [-0.2, -0.15) is 0 Å². The van der Waals surface area contributed by atoms with E-state index >= 15 is 0 Å². The number of carbonyl (C=O) groups excluding carboxylic acids is 1. The minimum atomic E-state index is -0.981. The van der Waals surface area contributed by atoms with Gasteiger partial charge < -0.3 is 15.7 Å². The summed E-state index contributed by atoms with van der Waals surface area (Å²) in [5.74, 6) is -0.946. The number of benzene rings is 1. The summed E-state index contributed by atoms with van der Waals surface area (Å²) in [6.07, 6.45) is 0. The highest BCUT2D eigenvalue weighted by atomic mass is 79.9. The van der Waals surface area contributed by atoms with Crippen LogP contribution < -0.4 is 10.6 Å². The zero-order valence-electron chi connectivity index (χ0n) is 10.9. The van der Waals surface area contributed by atoms with Gasteiger partial charge in [-0.3, -0.25) is 4.79 Å². The fourth-order valence-corrected chi connectivity index (χ4v) is 1.68. The van der Waals surface area contributed by atoms with Gasteiger partial charge in [0.25, 0.3) is 0 Å². The normalized spacial score (nSPS) is 10.9. The number of carboxylic acids is 1. The van der Waals surface area contributed by atoms with E-state index in [0.717, 1.165) is 10.0 Å². The summed E-state index contributed by atoms with van der Waals surface area (Å²) in [6, 6.07) is 7.18. The number of amides is 2. The maximum absolute atomic E-state index is 11.6. The second-order valence-electron chi connectivity index (χ2n) is 4.82. The number of carbonyl (C=O) groups is 2. The quantitative estimate of drug-likeness (QED) is 0.776. The second kappa shape index (κ2) is 6.56. The first kappa shape index (κ1) is 15.5. The van der Waals surface area contributed by atoms with E-state index < -0.39 is 11.4 Å². The van der Waals surface area contributed by atoms with Gasteiger partial charge in [-0.1, -0.05) is 34.1 Å². The molecule has 1 aromatic rings. The summed E-state index contributed by atoms with van der Waals surface area (Å²) in [7, 11) is 0. The van der Waals surface area contributed by atoms with Crippen LogP contribution in [0.5, 0.6) is 0 Å². The minimum Gasteiger partial charge on any atom is -0.481 e. The Morgan fingerprint density at radius 3 is 2.47 bits per heavy atom. The lowest BCUT2D eigenvalue weighted by atomic mass is 9.94. The van der Waals surface area contributed by atoms with Gasteiger partial charge in [0.15, 0.2) is 0 Å². The molecule has 0 bridgehead atoms. The molecule has 104 valence electrons. The van der Waals surface area contributed by atoms with Crippen molar-refractivity contribution < 1.29 is 14.7 Å². The van der Waals surface area contributed by atoms with Crippen molar-refractivity contribution in [3.8, 4) is 0 Å². The van der Waals surface area contributed by atoms with Crippen LogP contribution in [0.15, 0.2) is 28.7 Å². The van der Waals surface area contributed by atoms with Crippen molar-refractivity contribution >= 4 is 27.9 Å². The lowest BCUT2D eigenvalue weighted by Gasteiger charge is -2.19. The zero-order valence-corrected chi connectivity index (χ0v) is 12.5. The van der Waals surface area contributed by atoms with Gasteiger partial charge in [0.2, 0.25) is 0 Å². The fourth-order valence-electron chi connectivity index (χ4n) is 1.26. The number of nitrogens with one attached hydrogen (secondary N) is 2. The number of rotatable bonds is 5. The highest BCUT2D eigenvalue weighted by molar-refractivity contribution is 9.10. The summed E-state index contributed by atoms with van der Waals surface area (Å²) in [5.41, 5.74) is -0.0276. The van der Waals surface area contributed by atoms with Crippen molar-refractivity contribution in [3.05, 3.63) is 34.3 Å². The predicted molar refractivity (Wildman–Crippen MR) is 75.8 cm³/mol. The van der Waals surface area contributed by atoms with Gasteiger partial charge >= 0.3 is 12.0 Å². The van der Waals surface area contributed by atoms with Crippen molar-refractivity contribution in [2.75, 3.05) is 6.54 Å². The molecule has 1 aromatic carbocycles. The fraction of sp³-hybridized carbons (Fsp3) is 0.385. The summed E-state index contributed by atoms with van der Waals surface area (Å²) in [5, 5.41) is 14.1. The molecule has 2 amide bonds. The van der Waals surface area contributed by atoms with E-state index in [9.17, 15) is 9.59 Å². The van der Waals surface area contributed by atoms with Crippen LogP contribution in [0.25, 0.3) is 0 Å². The second-order valence-corrected chi connectivity index (χ2v) is 5.67. The van der Waals surface area contributed by atoms with Crippen LogP contribution in [0.3, 0.4) is 0 Å². The van der Waals surface area contributed by atoms with Gasteiger partial charge in [0.1, 0.15) is 0 Å². The molecule has 0 aromatic heterocycles. The molecule has 0 spiro atoms. The van der Waals surface area contributed by atoms with Crippen molar-refractivity contribution in [2.24, 2.45) is 5.41 Å². The Labute approximate surface area is 120 Å². The van der Waals surface area contributed by atoms with Crippen LogP contribution in [-0.4, -0.2) is 23.7 Å². The zero-order chi connectivity index (χ0) is 14.5. The van der Waals surface area contributed by atoms with Gasteiger partial charge in [0, 0.05) is 17.6 Å². The molecular weight excluding hydrogens is 312 g/mol. The molecule has 0 radical (unpaired) electrons. The first-order chi connectivity index (χ1) is 8.83. The van der Waals surface area contributed by atoms with Crippen molar-refractivity contribution in [1.82, 2.24) is 10.6 Å². The van der Waals surface area contributed by atoms with Crippen LogP contribution in [0.4, 0.5) is 4.79 Å². The third kappa shape index (κ3) is 4.90. The molecule has 1 rings (SSSR count). The molecule has 0 saturated heterocycles. The summed E-state index contributed by atoms with van der Waals surface area (Å²) in [4.78, 5) is 22.4. The molecule has 0 atom stereocenters. The minimum absolute atomic E-state index is 0.0735. The summed E-state index contributed by atoms with van der Waals surface area (Å²) in [6.45, 7) is 3.57. The van der Waals surface area contributed by atoms with Gasteiger partial charge in [-0.25, -0.2) is 4.79 Å². The van der Waals surface area contributed by atoms with Crippen molar-refractivity contribution in [3.63, 3.8) is 0 Å². The molecule has 0 unspecified atom stereocenters. The number of aliphatic carboxylic acids is 1. The molecule has 0 heterocycles. The highest BCUT2D eigenvalue weighted by Crippen LogP contribution is 2.15. The van der Waals surface area contributed by atoms with E-state index in [0.29, 0.717) is 6.54 Å². The number of urea groups is 1. The monoisotopic (exact) mass is 328 g/mol. The van der Waals surface area contributed by atoms with Crippen LogP contribution in [0.2, 0.25) is 0 Å². The van der Waals surface area contributed by atoms with E-state index in [-0.39, 0.29) is 12.6 Å². The van der Waals surface area contributed by atoms with Crippen LogP contribution in [0, 0.1) is 5.41 Å². The maximum atomic E-state index is 11.6. The standard InChI is InChI=1S/C13H17BrN2O3/c1-13(2,11(17)18)8-16-12(19)15-7-9-5-3-4-6-10(9)14/h3-6H,7-8H2,1-2H3,(H,17,18)(H2,15,16,19).